The van der Waals surface area contributed by atoms with Gasteiger partial charge in [-0.2, -0.15) is 0 Å². The lowest BCUT2D eigenvalue weighted by Crippen LogP contribution is -2.17. The largest absolute Gasteiger partial charge is 0.491 e. The van der Waals surface area contributed by atoms with E-state index in [1.165, 1.54) is 6.26 Å². The molecule has 0 aliphatic rings. The summed E-state index contributed by atoms with van der Waals surface area (Å²) in [6, 6.07) is 20.4. The van der Waals surface area contributed by atoms with Crippen LogP contribution in [-0.4, -0.2) is 6.61 Å². The van der Waals surface area contributed by atoms with Gasteiger partial charge in [-0.1, -0.05) is 81.1 Å². The van der Waals surface area contributed by atoms with Crippen LogP contribution < -0.4 is 0 Å². The fourth-order valence-electron chi connectivity index (χ4n) is 2.50. The zero-order valence-corrected chi connectivity index (χ0v) is 14.0. The van der Waals surface area contributed by atoms with Crippen LogP contribution in [-0.2, 0) is 9.47 Å². The Hall–Kier alpha value is -2.06. The second-order valence-electron chi connectivity index (χ2n) is 6.02. The van der Waals surface area contributed by atoms with Crippen LogP contribution >= 0.6 is 0 Å². The van der Waals surface area contributed by atoms with Crippen molar-refractivity contribution in [1.29, 1.82) is 0 Å². The highest BCUT2D eigenvalue weighted by Gasteiger charge is 2.26. The Bertz CT molecular complexity index is 563. The van der Waals surface area contributed by atoms with Crippen molar-refractivity contribution >= 4 is 0 Å². The Morgan fingerprint density at radius 1 is 0.870 bits per heavy atom. The minimum absolute atomic E-state index is 0.157. The topological polar surface area (TPSA) is 18.5 Å². The van der Waals surface area contributed by atoms with Crippen LogP contribution in [0.25, 0.3) is 0 Å². The van der Waals surface area contributed by atoms with Gasteiger partial charge in [-0.25, -0.2) is 0 Å². The summed E-state index contributed by atoms with van der Waals surface area (Å²) in [4.78, 5) is 0. The fourth-order valence-corrected chi connectivity index (χ4v) is 2.50. The molecule has 2 aromatic carbocycles. The Morgan fingerprint density at radius 3 is 1.87 bits per heavy atom. The van der Waals surface area contributed by atoms with Crippen molar-refractivity contribution in [2.75, 3.05) is 6.61 Å². The van der Waals surface area contributed by atoms with Gasteiger partial charge < -0.3 is 9.47 Å². The van der Waals surface area contributed by atoms with Crippen LogP contribution in [0, 0.1) is 5.92 Å². The third kappa shape index (κ3) is 5.26. The number of rotatable bonds is 9. The highest BCUT2D eigenvalue weighted by Crippen LogP contribution is 2.35. The molecule has 122 valence electrons. The predicted octanol–water partition coefficient (Wildman–Crippen LogP) is 5.69. The molecule has 2 rings (SSSR count). The summed E-state index contributed by atoms with van der Waals surface area (Å²) in [6.45, 7) is 8.85. The van der Waals surface area contributed by atoms with E-state index in [-0.39, 0.29) is 12.2 Å². The number of hydrogen-bond acceptors (Lipinski definition) is 2. The number of hydrogen-bond donors (Lipinski definition) is 0. The molecule has 0 fully saturated rings. The number of benzene rings is 2. The number of ether oxygens (including phenoxy) is 2. The Morgan fingerprint density at radius 2 is 1.39 bits per heavy atom. The van der Waals surface area contributed by atoms with Gasteiger partial charge in [0, 0.05) is 6.61 Å². The maximum atomic E-state index is 6.24. The second kappa shape index (κ2) is 9.16. The molecule has 0 N–H and O–H groups in total. The molecule has 0 aromatic heterocycles. The van der Waals surface area contributed by atoms with Gasteiger partial charge in [-0.15, -0.1) is 0 Å². The van der Waals surface area contributed by atoms with Crippen molar-refractivity contribution in [2.45, 2.75) is 32.5 Å². The Balaban J connectivity index is 2.27. The minimum Gasteiger partial charge on any atom is -0.491 e. The Labute approximate surface area is 139 Å². The molecule has 0 amide bonds. The first kappa shape index (κ1) is 17.3. The van der Waals surface area contributed by atoms with E-state index in [4.69, 9.17) is 9.47 Å². The first-order valence-corrected chi connectivity index (χ1v) is 8.20. The van der Waals surface area contributed by atoms with Gasteiger partial charge in [-0.05, 0) is 23.5 Å². The summed E-state index contributed by atoms with van der Waals surface area (Å²) in [6.07, 6.45) is 2.16. The van der Waals surface area contributed by atoms with E-state index in [1.807, 2.05) is 36.4 Å². The molecule has 23 heavy (non-hydrogen) atoms. The van der Waals surface area contributed by atoms with Gasteiger partial charge in [0.15, 0.2) is 6.10 Å². The van der Waals surface area contributed by atoms with E-state index < -0.39 is 0 Å². The summed E-state index contributed by atoms with van der Waals surface area (Å²) in [5.41, 5.74) is 2.21. The molecule has 0 radical (unpaired) electrons. The van der Waals surface area contributed by atoms with Gasteiger partial charge in [0.25, 0.3) is 0 Å². The van der Waals surface area contributed by atoms with Gasteiger partial charge in [-0.3, -0.25) is 0 Å². The average molecular weight is 310 g/mol. The third-order valence-corrected chi connectivity index (χ3v) is 3.77. The zero-order chi connectivity index (χ0) is 16.5. The van der Waals surface area contributed by atoms with Crippen molar-refractivity contribution in [3.63, 3.8) is 0 Å². The summed E-state index contributed by atoms with van der Waals surface area (Å²) in [5, 5.41) is 0. The SMILES string of the molecule is C=CO[C@@H](c1ccccc1)[C@H](OCCC(C)C)c1ccccc1. The second-order valence-corrected chi connectivity index (χ2v) is 6.02. The van der Waals surface area contributed by atoms with Crippen molar-refractivity contribution in [1.82, 2.24) is 0 Å². The summed E-state index contributed by atoms with van der Waals surface area (Å²) < 4.78 is 12.1. The molecule has 0 aliphatic heterocycles. The minimum atomic E-state index is -0.205. The van der Waals surface area contributed by atoms with Crippen LogP contribution in [0.1, 0.15) is 43.6 Å². The maximum absolute atomic E-state index is 6.24. The Kier molecular flexibility index (Phi) is 6.89. The zero-order valence-electron chi connectivity index (χ0n) is 14.0. The molecule has 0 unspecified atom stereocenters. The highest BCUT2D eigenvalue weighted by molar-refractivity contribution is 5.25. The normalized spacial score (nSPS) is 13.5. The van der Waals surface area contributed by atoms with Crippen molar-refractivity contribution in [3.8, 4) is 0 Å². The smallest absolute Gasteiger partial charge is 0.153 e. The van der Waals surface area contributed by atoms with E-state index >= 15 is 0 Å². The van der Waals surface area contributed by atoms with Crippen molar-refractivity contribution in [3.05, 3.63) is 84.6 Å². The van der Waals surface area contributed by atoms with Gasteiger partial charge in [0.1, 0.15) is 6.10 Å². The van der Waals surface area contributed by atoms with E-state index in [1.54, 1.807) is 0 Å². The molecule has 2 atom stereocenters. The van der Waals surface area contributed by atoms with Crippen LogP contribution in [0.3, 0.4) is 0 Å². The van der Waals surface area contributed by atoms with E-state index in [0.717, 1.165) is 17.5 Å². The quantitative estimate of drug-likeness (QED) is 0.554. The first-order chi connectivity index (χ1) is 11.2. The summed E-state index contributed by atoms with van der Waals surface area (Å²) in [7, 11) is 0. The van der Waals surface area contributed by atoms with Gasteiger partial charge >= 0.3 is 0 Å². The molecular weight excluding hydrogens is 284 g/mol. The summed E-state index contributed by atoms with van der Waals surface area (Å²) >= 11 is 0. The maximum Gasteiger partial charge on any atom is 0.153 e. The molecule has 2 nitrogen and oxygen atoms in total. The molecule has 0 spiro atoms. The third-order valence-electron chi connectivity index (χ3n) is 3.77. The molecule has 0 aliphatic carbocycles. The molecule has 2 heteroatoms. The lowest BCUT2D eigenvalue weighted by molar-refractivity contribution is -0.0499. The van der Waals surface area contributed by atoms with Crippen molar-refractivity contribution < 1.29 is 9.47 Å². The van der Waals surface area contributed by atoms with Gasteiger partial charge in [0.05, 0.1) is 6.26 Å². The van der Waals surface area contributed by atoms with Crippen LogP contribution in [0.4, 0.5) is 0 Å². The molecule has 0 saturated heterocycles. The highest BCUT2D eigenvalue weighted by atomic mass is 16.5. The average Bonchev–Trinajstić information content (AvgIpc) is 2.58. The van der Waals surface area contributed by atoms with E-state index in [2.05, 4.69) is 44.7 Å². The lowest BCUT2D eigenvalue weighted by atomic mass is 9.98. The monoisotopic (exact) mass is 310 g/mol. The van der Waals surface area contributed by atoms with Crippen LogP contribution in [0.5, 0.6) is 0 Å². The van der Waals surface area contributed by atoms with E-state index in [0.29, 0.717) is 12.5 Å². The van der Waals surface area contributed by atoms with Crippen LogP contribution in [0.2, 0.25) is 0 Å². The predicted molar refractivity (Wildman–Crippen MR) is 95.1 cm³/mol. The molecular formula is C21H26O2. The summed E-state index contributed by atoms with van der Waals surface area (Å²) in [5.74, 6) is 0.613. The van der Waals surface area contributed by atoms with Crippen LogP contribution in [0.15, 0.2) is 73.5 Å². The first-order valence-electron chi connectivity index (χ1n) is 8.20. The molecule has 0 saturated carbocycles. The molecule has 0 heterocycles. The van der Waals surface area contributed by atoms with Crippen molar-refractivity contribution in [2.24, 2.45) is 5.92 Å². The standard InChI is InChI=1S/C21H26O2/c1-4-22-20(18-11-7-5-8-12-18)21(23-16-15-17(2)3)19-13-9-6-10-14-19/h4-14,17,20-21H,1,15-16H2,2-3H3/t20-,21+/m0/s1. The van der Waals surface area contributed by atoms with Gasteiger partial charge in [0.2, 0.25) is 0 Å². The lowest BCUT2D eigenvalue weighted by Gasteiger charge is -2.28. The van der Waals surface area contributed by atoms with E-state index in [9.17, 15) is 0 Å². The fraction of sp³-hybridized carbons (Fsp3) is 0.333. The molecule has 2 aromatic rings. The molecule has 0 bridgehead atoms.